The maximum atomic E-state index is 13.2. The van der Waals surface area contributed by atoms with Gasteiger partial charge in [0.2, 0.25) is 0 Å². The van der Waals surface area contributed by atoms with Gasteiger partial charge in [0.05, 0.1) is 18.8 Å². The molecule has 156 valence electrons. The van der Waals surface area contributed by atoms with E-state index in [4.69, 9.17) is 9.47 Å². The highest BCUT2D eigenvalue weighted by Gasteiger charge is 2.42. The number of aromatic amines is 1. The summed E-state index contributed by atoms with van der Waals surface area (Å²) in [6.45, 7) is 1.09. The smallest absolute Gasteiger partial charge is 0.273 e. The van der Waals surface area contributed by atoms with Crippen LogP contribution in [0.5, 0.6) is 11.5 Å². The minimum absolute atomic E-state index is 0.0528. The maximum Gasteiger partial charge on any atom is 0.273 e. The van der Waals surface area contributed by atoms with E-state index in [1.165, 1.54) is 7.11 Å². The fraction of sp³-hybridized carbons (Fsp3) is 0.273. The summed E-state index contributed by atoms with van der Waals surface area (Å²) in [5, 5.41) is 17.4. The van der Waals surface area contributed by atoms with Crippen LogP contribution in [0.1, 0.15) is 34.1 Å². The van der Waals surface area contributed by atoms with Crippen LogP contribution in [0.3, 0.4) is 0 Å². The van der Waals surface area contributed by atoms with Crippen LogP contribution in [-0.4, -0.2) is 53.5 Å². The first-order valence-electron chi connectivity index (χ1n) is 9.56. The average molecular weight is 472 g/mol. The molecule has 1 aliphatic heterocycles. The molecule has 0 radical (unpaired) electrons. The van der Waals surface area contributed by atoms with Gasteiger partial charge in [-0.3, -0.25) is 9.89 Å². The van der Waals surface area contributed by atoms with Crippen molar-refractivity contribution in [1.82, 2.24) is 15.1 Å². The Morgan fingerprint density at radius 1 is 1.20 bits per heavy atom. The first-order chi connectivity index (χ1) is 14.5. The summed E-state index contributed by atoms with van der Waals surface area (Å²) >= 11 is 3.46. The standard InChI is InChI=1S/C22H22BrN3O4/c1-29-11-3-10-26-21(14-6-9-16(27)17(12-14)30-2)18-19(24-25-20(18)22(26)28)13-4-7-15(23)8-5-13/h4-9,12,21,27H,3,10-11H2,1-2H3,(H,24,25)/t21-/m0/s1. The second kappa shape index (κ2) is 8.49. The number of ether oxygens (including phenoxy) is 2. The summed E-state index contributed by atoms with van der Waals surface area (Å²) in [4.78, 5) is 15.0. The van der Waals surface area contributed by atoms with Crippen LogP contribution in [0.4, 0.5) is 0 Å². The van der Waals surface area contributed by atoms with E-state index in [9.17, 15) is 9.90 Å². The summed E-state index contributed by atoms with van der Waals surface area (Å²) in [6.07, 6.45) is 0.708. The number of amides is 1. The number of nitrogens with one attached hydrogen (secondary N) is 1. The number of nitrogens with zero attached hydrogens (tertiary/aromatic N) is 2. The lowest BCUT2D eigenvalue weighted by Crippen LogP contribution is -2.31. The van der Waals surface area contributed by atoms with Crippen LogP contribution < -0.4 is 4.74 Å². The van der Waals surface area contributed by atoms with Gasteiger partial charge in [-0.1, -0.05) is 34.1 Å². The Morgan fingerprint density at radius 2 is 1.97 bits per heavy atom. The molecule has 0 bridgehead atoms. The van der Waals surface area contributed by atoms with Crippen molar-refractivity contribution in [3.8, 4) is 22.8 Å². The molecular weight excluding hydrogens is 450 g/mol. The second-order valence-corrected chi connectivity index (χ2v) is 7.96. The van der Waals surface area contributed by atoms with Crippen molar-refractivity contribution in [1.29, 1.82) is 0 Å². The van der Waals surface area contributed by atoms with Gasteiger partial charge in [-0.2, -0.15) is 5.10 Å². The highest BCUT2D eigenvalue weighted by molar-refractivity contribution is 9.10. The van der Waals surface area contributed by atoms with Gasteiger partial charge in [-0.15, -0.1) is 0 Å². The lowest BCUT2D eigenvalue weighted by atomic mass is 9.95. The van der Waals surface area contributed by atoms with Gasteiger partial charge in [-0.05, 0) is 36.2 Å². The molecule has 0 unspecified atom stereocenters. The Morgan fingerprint density at radius 3 is 2.67 bits per heavy atom. The molecular formula is C22H22BrN3O4. The topological polar surface area (TPSA) is 87.7 Å². The number of carbonyl (C=O) groups is 1. The molecule has 2 heterocycles. The number of fused-ring (bicyclic) bond motifs is 1. The fourth-order valence-electron chi connectivity index (χ4n) is 3.85. The van der Waals surface area contributed by atoms with Gasteiger partial charge in [-0.25, -0.2) is 0 Å². The second-order valence-electron chi connectivity index (χ2n) is 7.05. The Bertz CT molecular complexity index is 1060. The van der Waals surface area contributed by atoms with E-state index in [1.807, 2.05) is 35.2 Å². The van der Waals surface area contributed by atoms with E-state index >= 15 is 0 Å². The molecule has 8 heteroatoms. The van der Waals surface area contributed by atoms with Gasteiger partial charge in [0, 0.05) is 35.9 Å². The van der Waals surface area contributed by atoms with E-state index in [-0.39, 0.29) is 17.7 Å². The number of rotatable bonds is 7. The lowest BCUT2D eigenvalue weighted by molar-refractivity contribution is 0.0723. The number of benzene rings is 2. The summed E-state index contributed by atoms with van der Waals surface area (Å²) in [6, 6.07) is 12.6. The van der Waals surface area contributed by atoms with E-state index in [1.54, 1.807) is 19.2 Å². The normalized spacial score (nSPS) is 15.5. The summed E-state index contributed by atoms with van der Waals surface area (Å²) in [5.74, 6) is 0.310. The van der Waals surface area contributed by atoms with Crippen LogP contribution in [0.2, 0.25) is 0 Å². The zero-order chi connectivity index (χ0) is 21.3. The number of hydrogen-bond donors (Lipinski definition) is 2. The van der Waals surface area contributed by atoms with Gasteiger partial charge < -0.3 is 19.5 Å². The number of H-pyrrole nitrogens is 1. The Labute approximate surface area is 182 Å². The third kappa shape index (κ3) is 3.57. The third-order valence-electron chi connectivity index (χ3n) is 5.25. The number of phenolic OH excluding ortho intramolecular Hbond substituents is 1. The number of methoxy groups -OCH3 is 2. The molecule has 7 nitrogen and oxygen atoms in total. The van der Waals surface area contributed by atoms with Crippen LogP contribution in [0.15, 0.2) is 46.9 Å². The van der Waals surface area contributed by atoms with Gasteiger partial charge in [0.15, 0.2) is 11.5 Å². The van der Waals surface area contributed by atoms with Gasteiger partial charge in [0.25, 0.3) is 5.91 Å². The van der Waals surface area contributed by atoms with Gasteiger partial charge in [0.1, 0.15) is 5.69 Å². The molecule has 2 aromatic carbocycles. The van der Waals surface area contributed by atoms with Crippen molar-refractivity contribution in [3.63, 3.8) is 0 Å². The van der Waals surface area contributed by atoms with E-state index in [0.717, 1.165) is 26.9 Å². The molecule has 1 amide bonds. The van der Waals surface area contributed by atoms with E-state index < -0.39 is 0 Å². The number of hydrogen-bond acceptors (Lipinski definition) is 5. The highest BCUT2D eigenvalue weighted by Crippen LogP contribution is 2.44. The minimum Gasteiger partial charge on any atom is -0.504 e. The zero-order valence-corrected chi connectivity index (χ0v) is 18.3. The van der Waals surface area contributed by atoms with Crippen LogP contribution in [-0.2, 0) is 4.74 Å². The molecule has 3 aromatic rings. The van der Waals surface area contributed by atoms with Crippen molar-refractivity contribution < 1.29 is 19.4 Å². The third-order valence-corrected chi connectivity index (χ3v) is 5.78. The predicted octanol–water partition coefficient (Wildman–Crippen LogP) is 4.14. The quantitative estimate of drug-likeness (QED) is 0.505. The van der Waals surface area contributed by atoms with Gasteiger partial charge >= 0.3 is 0 Å². The average Bonchev–Trinajstić information content (AvgIpc) is 3.29. The number of carbonyl (C=O) groups excluding carboxylic acids is 1. The number of aromatic nitrogens is 2. The van der Waals surface area contributed by atoms with Crippen LogP contribution >= 0.6 is 15.9 Å². The summed E-state index contributed by atoms with van der Waals surface area (Å²) < 4.78 is 11.4. The van der Waals surface area contributed by atoms with Crippen molar-refractivity contribution in [3.05, 3.63) is 63.8 Å². The summed E-state index contributed by atoms with van der Waals surface area (Å²) in [7, 11) is 3.15. The van der Waals surface area contributed by atoms with E-state index in [0.29, 0.717) is 31.0 Å². The number of aromatic hydroxyl groups is 1. The SMILES string of the molecule is COCCCN1C(=O)c2[nH]nc(-c3ccc(Br)cc3)c2[C@@H]1c1ccc(O)c(OC)c1. The molecule has 1 aliphatic rings. The molecule has 0 saturated heterocycles. The number of halogens is 1. The van der Waals surface area contributed by atoms with Crippen molar-refractivity contribution >= 4 is 21.8 Å². The molecule has 0 fully saturated rings. The summed E-state index contributed by atoms with van der Waals surface area (Å²) in [5.41, 5.74) is 3.80. The molecule has 0 saturated carbocycles. The molecule has 4 rings (SSSR count). The zero-order valence-electron chi connectivity index (χ0n) is 16.7. The largest absolute Gasteiger partial charge is 0.504 e. The first kappa shape index (κ1) is 20.4. The Hall–Kier alpha value is -2.84. The Kier molecular flexibility index (Phi) is 5.78. The van der Waals surface area contributed by atoms with Crippen molar-refractivity contribution in [2.24, 2.45) is 0 Å². The first-order valence-corrected chi connectivity index (χ1v) is 10.4. The van der Waals surface area contributed by atoms with Crippen LogP contribution in [0, 0.1) is 0 Å². The minimum atomic E-state index is -0.351. The molecule has 1 aromatic heterocycles. The molecule has 2 N–H and O–H groups in total. The van der Waals surface area contributed by atoms with Crippen molar-refractivity contribution in [2.75, 3.05) is 27.4 Å². The number of phenols is 1. The maximum absolute atomic E-state index is 13.2. The molecule has 0 spiro atoms. The fourth-order valence-corrected chi connectivity index (χ4v) is 4.11. The highest BCUT2D eigenvalue weighted by atomic mass is 79.9. The molecule has 1 atom stereocenters. The lowest BCUT2D eigenvalue weighted by Gasteiger charge is -2.26. The monoisotopic (exact) mass is 471 g/mol. The predicted molar refractivity (Wildman–Crippen MR) is 116 cm³/mol. The van der Waals surface area contributed by atoms with E-state index in [2.05, 4.69) is 26.1 Å². The molecule has 30 heavy (non-hydrogen) atoms. The van der Waals surface area contributed by atoms with Crippen molar-refractivity contribution in [2.45, 2.75) is 12.5 Å². The molecule has 0 aliphatic carbocycles. The Balaban J connectivity index is 1.83. The van der Waals surface area contributed by atoms with Crippen LogP contribution in [0.25, 0.3) is 11.3 Å².